The van der Waals surface area contributed by atoms with Gasteiger partial charge in [0.25, 0.3) is 5.69 Å². The maximum Gasteiger partial charge on any atom is 0.292 e. The number of rotatable bonds is 8. The van der Waals surface area contributed by atoms with Crippen LogP contribution < -0.4 is 22.0 Å². The van der Waals surface area contributed by atoms with Gasteiger partial charge in [0.1, 0.15) is 11.5 Å². The molecule has 1 aliphatic carbocycles. The average molecular weight is 391 g/mol. The van der Waals surface area contributed by atoms with Crippen LogP contribution in [-0.2, 0) is 0 Å². The molecule has 0 heterocycles. The van der Waals surface area contributed by atoms with Gasteiger partial charge in [-0.15, -0.1) is 0 Å². The zero-order chi connectivity index (χ0) is 20.7. The molecule has 1 aliphatic rings. The van der Waals surface area contributed by atoms with Crippen molar-refractivity contribution in [1.82, 2.24) is 5.43 Å². The Balaban J connectivity index is 2.37. The van der Waals surface area contributed by atoms with E-state index < -0.39 is 0 Å². The number of nitrogens with two attached hydrogens (primary N) is 2. The number of nitrogens with one attached hydrogen (secondary N) is 1. The molecule has 1 unspecified atom stereocenters. The third-order valence-corrected chi connectivity index (χ3v) is 5.47. The van der Waals surface area contributed by atoms with E-state index in [1.54, 1.807) is 6.07 Å². The van der Waals surface area contributed by atoms with Crippen molar-refractivity contribution in [2.45, 2.75) is 71.3 Å². The van der Waals surface area contributed by atoms with Crippen molar-refractivity contribution in [2.24, 2.45) is 22.7 Å². The van der Waals surface area contributed by atoms with Crippen molar-refractivity contribution in [3.05, 3.63) is 33.9 Å². The zero-order valence-electron chi connectivity index (χ0n) is 17.2. The highest BCUT2D eigenvalue weighted by molar-refractivity contribution is 5.82. The second-order valence-electron chi connectivity index (χ2n) is 8.17. The first-order valence-corrected chi connectivity index (χ1v) is 10.2. The van der Waals surface area contributed by atoms with E-state index >= 15 is 0 Å². The van der Waals surface area contributed by atoms with Crippen LogP contribution in [0.5, 0.6) is 0 Å². The van der Waals surface area contributed by atoms with E-state index in [0.717, 1.165) is 30.6 Å². The van der Waals surface area contributed by atoms with Gasteiger partial charge in [-0.3, -0.25) is 10.1 Å². The molecule has 0 saturated heterocycles. The summed E-state index contributed by atoms with van der Waals surface area (Å²) in [5, 5.41) is 15.5. The predicted octanol–water partition coefficient (Wildman–Crippen LogP) is 3.62. The fraction of sp³-hybridized carbons (Fsp3) is 0.650. The first-order chi connectivity index (χ1) is 13.4. The number of nitrogens with zero attached hydrogens (tertiary/aromatic N) is 3. The number of nitro groups is 1. The van der Waals surface area contributed by atoms with Crippen molar-refractivity contribution in [3.63, 3.8) is 0 Å². The molecule has 156 valence electrons. The molecule has 0 aliphatic heterocycles. The van der Waals surface area contributed by atoms with E-state index in [-0.39, 0.29) is 16.5 Å². The fourth-order valence-corrected chi connectivity index (χ4v) is 4.02. The lowest BCUT2D eigenvalue weighted by molar-refractivity contribution is -0.384. The summed E-state index contributed by atoms with van der Waals surface area (Å²) in [5.41, 5.74) is 4.24. The summed E-state index contributed by atoms with van der Waals surface area (Å²) in [6.45, 7) is 7.12. The monoisotopic (exact) mass is 390 g/mol. The van der Waals surface area contributed by atoms with Crippen LogP contribution in [0, 0.1) is 16.0 Å². The van der Waals surface area contributed by atoms with Gasteiger partial charge in [-0.1, -0.05) is 46.1 Å². The van der Waals surface area contributed by atoms with Gasteiger partial charge < -0.3 is 16.2 Å². The van der Waals surface area contributed by atoms with Gasteiger partial charge in [-0.2, -0.15) is 5.10 Å². The lowest BCUT2D eigenvalue weighted by Gasteiger charge is -2.37. The van der Waals surface area contributed by atoms with E-state index in [1.165, 1.54) is 19.3 Å². The highest BCUT2D eigenvalue weighted by Crippen LogP contribution is 2.36. The third-order valence-electron chi connectivity index (χ3n) is 5.47. The first-order valence-electron chi connectivity index (χ1n) is 10.2. The molecule has 5 N–H and O–H groups in total. The summed E-state index contributed by atoms with van der Waals surface area (Å²) in [6.07, 6.45) is 6.32. The summed E-state index contributed by atoms with van der Waals surface area (Å²) in [7, 11) is 0. The number of nitro benzene ring substituents is 1. The van der Waals surface area contributed by atoms with E-state index in [4.69, 9.17) is 11.7 Å². The fourth-order valence-electron chi connectivity index (χ4n) is 4.02. The van der Waals surface area contributed by atoms with Crippen molar-refractivity contribution < 1.29 is 4.92 Å². The minimum absolute atomic E-state index is 0.000621. The average Bonchev–Trinajstić information content (AvgIpc) is 2.70. The van der Waals surface area contributed by atoms with E-state index in [0.29, 0.717) is 24.2 Å². The van der Waals surface area contributed by atoms with Crippen LogP contribution in [-0.4, -0.2) is 23.3 Å². The van der Waals surface area contributed by atoms with E-state index in [2.05, 4.69) is 29.3 Å². The van der Waals surface area contributed by atoms with Crippen molar-refractivity contribution in [1.29, 1.82) is 0 Å². The molecule has 1 atom stereocenters. The number of benzene rings is 1. The molecule has 0 spiro atoms. The van der Waals surface area contributed by atoms with Gasteiger partial charge in [0.15, 0.2) is 0 Å². The number of hydrogen-bond acceptors (Lipinski definition) is 6. The zero-order valence-corrected chi connectivity index (χ0v) is 17.2. The Morgan fingerprint density at radius 3 is 2.54 bits per heavy atom. The summed E-state index contributed by atoms with van der Waals surface area (Å²) in [4.78, 5) is 13.9. The number of amidine groups is 1. The van der Waals surface area contributed by atoms with E-state index in [9.17, 15) is 10.1 Å². The minimum Gasteiger partial charge on any atom is -0.363 e. The van der Waals surface area contributed by atoms with Crippen molar-refractivity contribution >= 4 is 17.2 Å². The Labute approximate surface area is 167 Å². The summed E-state index contributed by atoms with van der Waals surface area (Å²) in [6, 6.07) is 5.96. The highest BCUT2D eigenvalue weighted by atomic mass is 16.6. The normalized spacial score (nSPS) is 16.8. The highest BCUT2D eigenvalue weighted by Gasteiger charge is 2.28. The maximum atomic E-state index is 11.9. The second-order valence-corrected chi connectivity index (χ2v) is 8.17. The molecule has 0 bridgehead atoms. The summed E-state index contributed by atoms with van der Waals surface area (Å²) in [5.74, 6) is 11.6. The van der Waals surface area contributed by atoms with Gasteiger partial charge in [-0.05, 0) is 36.3 Å². The first kappa shape index (κ1) is 21.9. The summed E-state index contributed by atoms with van der Waals surface area (Å²) < 4.78 is 0. The second kappa shape index (κ2) is 10.3. The number of hydrogen-bond donors (Lipinski definition) is 3. The molecule has 8 heteroatoms. The molecule has 0 aromatic heterocycles. The Hall–Kier alpha value is -2.35. The van der Waals surface area contributed by atoms with Crippen LogP contribution in [0.15, 0.2) is 23.3 Å². The molecular weight excluding hydrogens is 356 g/mol. The Morgan fingerprint density at radius 1 is 1.32 bits per heavy atom. The Morgan fingerprint density at radius 2 is 2.00 bits per heavy atom. The Bertz CT molecular complexity index is 685. The molecular formula is C20H34N6O2. The van der Waals surface area contributed by atoms with Crippen molar-refractivity contribution in [3.8, 4) is 0 Å². The molecule has 28 heavy (non-hydrogen) atoms. The third kappa shape index (κ3) is 5.58. The molecule has 1 fully saturated rings. The van der Waals surface area contributed by atoms with Gasteiger partial charge in [0.05, 0.1) is 4.92 Å². The van der Waals surface area contributed by atoms with Crippen LogP contribution in [0.2, 0.25) is 0 Å². The quantitative estimate of drug-likeness (QED) is 0.205. The molecule has 1 saturated carbocycles. The SMILES string of the molecule is CC(C)CN(c1ccc(C(C)C/C(=N/N)NN)cc1[N+](=O)[O-])C1CCCCC1. The van der Waals surface area contributed by atoms with Gasteiger partial charge in [0, 0.05) is 25.1 Å². The molecule has 0 amide bonds. The van der Waals surface area contributed by atoms with Crippen molar-refractivity contribution in [2.75, 3.05) is 11.4 Å². The molecule has 2 rings (SSSR count). The Kier molecular flexibility index (Phi) is 8.04. The van der Waals surface area contributed by atoms with E-state index in [1.807, 2.05) is 19.1 Å². The largest absolute Gasteiger partial charge is 0.363 e. The van der Waals surface area contributed by atoms with Gasteiger partial charge >= 0.3 is 0 Å². The minimum atomic E-state index is -0.263. The van der Waals surface area contributed by atoms with Crippen LogP contribution in [0.25, 0.3) is 0 Å². The standard InChI is InChI=1S/C20H34N6O2/c1-14(2)13-25(17-7-5-4-6-8-17)18-10-9-16(12-19(18)26(27)28)15(3)11-20(23-21)24-22/h9-10,12,14-15,17H,4-8,11,13,21-22H2,1-3H3,(H,23,24). The predicted molar refractivity (Wildman–Crippen MR) is 114 cm³/mol. The number of anilines is 1. The smallest absolute Gasteiger partial charge is 0.292 e. The maximum absolute atomic E-state index is 11.9. The molecule has 8 nitrogen and oxygen atoms in total. The number of hydrazone groups is 1. The van der Waals surface area contributed by atoms with Crippen LogP contribution in [0.4, 0.5) is 11.4 Å². The van der Waals surface area contributed by atoms with Crippen LogP contribution >= 0.6 is 0 Å². The molecule has 1 aromatic rings. The topological polar surface area (TPSA) is 123 Å². The molecule has 1 aromatic carbocycles. The lowest BCUT2D eigenvalue weighted by Crippen LogP contribution is -2.39. The molecule has 0 radical (unpaired) electrons. The van der Waals surface area contributed by atoms with Gasteiger partial charge in [0.2, 0.25) is 0 Å². The lowest BCUT2D eigenvalue weighted by atomic mass is 9.92. The van der Waals surface area contributed by atoms with Crippen LogP contribution in [0.1, 0.15) is 70.8 Å². The van der Waals surface area contributed by atoms with Gasteiger partial charge in [-0.25, -0.2) is 5.84 Å². The van der Waals surface area contributed by atoms with Crippen LogP contribution in [0.3, 0.4) is 0 Å². The number of hydrazine groups is 1. The summed E-state index contributed by atoms with van der Waals surface area (Å²) >= 11 is 0.